The van der Waals surface area contributed by atoms with Gasteiger partial charge in [0, 0.05) is 35.3 Å². The van der Waals surface area contributed by atoms with Crippen molar-refractivity contribution >= 4 is 8.25 Å². The van der Waals surface area contributed by atoms with Crippen LogP contribution in [0.1, 0.15) is 72.8 Å². The molecule has 6 atom stereocenters. The van der Waals surface area contributed by atoms with Crippen LogP contribution in [0.2, 0.25) is 0 Å². The highest BCUT2D eigenvalue weighted by Crippen LogP contribution is 2.40. The largest absolute Gasteiger partial charge is 0.374 e. The van der Waals surface area contributed by atoms with E-state index in [4.69, 9.17) is 9.05 Å². The SMILES string of the molecule is O=[PH](OC(O)CCCN1C(O)c2ccccc2C1O)OC(O)CCCN1C(O)c2ccccc2C1O. The molecule has 0 bridgehead atoms. The van der Waals surface area contributed by atoms with Gasteiger partial charge in [-0.25, -0.2) is 9.80 Å². The molecule has 2 aliphatic rings. The van der Waals surface area contributed by atoms with Gasteiger partial charge in [-0.1, -0.05) is 48.5 Å². The van der Waals surface area contributed by atoms with Gasteiger partial charge in [-0.15, -0.1) is 0 Å². The molecule has 0 aliphatic carbocycles. The van der Waals surface area contributed by atoms with Gasteiger partial charge in [0.2, 0.25) is 0 Å². The Labute approximate surface area is 209 Å². The van der Waals surface area contributed by atoms with Crippen molar-refractivity contribution < 1.29 is 44.3 Å². The number of benzene rings is 2. The molecule has 11 nitrogen and oxygen atoms in total. The summed E-state index contributed by atoms with van der Waals surface area (Å²) in [5, 5.41) is 61.6. The third-order valence-corrected chi connectivity index (χ3v) is 7.49. The van der Waals surface area contributed by atoms with E-state index in [1.54, 1.807) is 48.5 Å². The van der Waals surface area contributed by atoms with Crippen LogP contribution < -0.4 is 0 Å². The number of fused-ring (bicyclic) bond motifs is 2. The molecule has 0 saturated heterocycles. The molecule has 0 fully saturated rings. The van der Waals surface area contributed by atoms with Crippen LogP contribution in [-0.4, -0.2) is 66.1 Å². The van der Waals surface area contributed by atoms with Crippen molar-refractivity contribution in [2.24, 2.45) is 0 Å². The standard InChI is InChI=1S/C24H33N2O9P/c27-19(11-5-13-25-21(29)15-7-1-2-8-16(15)22(25)30)34-36(33)35-20(28)12-6-14-26-23(31)17-9-3-4-10-18(17)24(26)32/h1-4,7-10,19-24,27-32,36H,5-6,11-14H2. The van der Waals surface area contributed by atoms with Crippen LogP contribution in [0.3, 0.4) is 0 Å². The predicted molar refractivity (Wildman–Crippen MR) is 128 cm³/mol. The molecule has 0 spiro atoms. The first-order valence-electron chi connectivity index (χ1n) is 11.9. The van der Waals surface area contributed by atoms with Gasteiger partial charge in [0.05, 0.1) is 0 Å². The average molecular weight is 525 g/mol. The lowest BCUT2D eigenvalue weighted by molar-refractivity contribution is -0.0956. The Morgan fingerprint density at radius 2 is 0.972 bits per heavy atom. The van der Waals surface area contributed by atoms with E-state index < -0.39 is 45.7 Å². The van der Waals surface area contributed by atoms with Crippen molar-refractivity contribution in [1.82, 2.24) is 9.80 Å². The van der Waals surface area contributed by atoms with Crippen molar-refractivity contribution in [3.63, 3.8) is 0 Å². The molecule has 0 aromatic heterocycles. The zero-order chi connectivity index (χ0) is 25.8. The summed E-state index contributed by atoms with van der Waals surface area (Å²) in [6, 6.07) is 14.1. The molecular formula is C24H33N2O9P. The third-order valence-electron chi connectivity index (χ3n) is 6.56. The van der Waals surface area contributed by atoms with E-state index in [0.717, 1.165) is 0 Å². The number of nitrogens with zero attached hydrogens (tertiary/aromatic N) is 2. The first-order valence-corrected chi connectivity index (χ1v) is 13.1. The van der Waals surface area contributed by atoms with Crippen LogP contribution >= 0.6 is 8.25 Å². The van der Waals surface area contributed by atoms with Gasteiger partial charge in [0.1, 0.15) is 24.9 Å². The highest BCUT2D eigenvalue weighted by atomic mass is 31.1. The molecule has 6 N–H and O–H groups in total. The Morgan fingerprint density at radius 3 is 1.28 bits per heavy atom. The number of hydrogen-bond acceptors (Lipinski definition) is 11. The van der Waals surface area contributed by atoms with Crippen molar-refractivity contribution in [3.05, 3.63) is 70.8 Å². The summed E-state index contributed by atoms with van der Waals surface area (Å²) < 4.78 is 21.9. The Kier molecular flexibility index (Phi) is 9.26. The fourth-order valence-corrected chi connectivity index (χ4v) is 5.43. The van der Waals surface area contributed by atoms with Crippen LogP contribution in [0.4, 0.5) is 0 Å². The van der Waals surface area contributed by atoms with E-state index in [1.165, 1.54) is 9.80 Å². The first-order chi connectivity index (χ1) is 17.3. The number of hydrogen-bond donors (Lipinski definition) is 6. The van der Waals surface area contributed by atoms with E-state index in [1.807, 2.05) is 0 Å². The van der Waals surface area contributed by atoms with Gasteiger partial charge in [0.25, 0.3) is 0 Å². The molecule has 36 heavy (non-hydrogen) atoms. The van der Waals surface area contributed by atoms with E-state index >= 15 is 0 Å². The van der Waals surface area contributed by atoms with Gasteiger partial charge in [-0.2, -0.15) is 0 Å². The molecule has 198 valence electrons. The molecule has 2 aromatic rings. The van der Waals surface area contributed by atoms with Crippen LogP contribution in [0.15, 0.2) is 48.5 Å². The third kappa shape index (κ3) is 6.04. The average Bonchev–Trinajstić information content (AvgIpc) is 3.24. The molecule has 2 aliphatic heterocycles. The number of aliphatic hydroxyl groups excluding tert-OH is 6. The minimum absolute atomic E-state index is 0.0768. The molecule has 0 saturated carbocycles. The highest BCUT2D eigenvalue weighted by molar-refractivity contribution is 7.33. The summed E-state index contributed by atoms with van der Waals surface area (Å²) in [6.07, 6.45) is -5.80. The van der Waals surface area contributed by atoms with E-state index in [9.17, 15) is 35.2 Å². The maximum Gasteiger partial charge on any atom is 0.323 e. The molecule has 2 aromatic carbocycles. The first kappa shape index (κ1) is 27.3. The van der Waals surface area contributed by atoms with Crippen molar-refractivity contribution in [2.75, 3.05) is 13.1 Å². The summed E-state index contributed by atoms with van der Waals surface area (Å²) in [7, 11) is -3.19. The fraction of sp³-hybridized carbons (Fsp3) is 0.500. The van der Waals surface area contributed by atoms with Crippen LogP contribution in [-0.2, 0) is 13.6 Å². The Bertz CT molecular complexity index is 907. The van der Waals surface area contributed by atoms with Gasteiger partial charge in [-0.05, 0) is 25.7 Å². The van der Waals surface area contributed by atoms with Gasteiger partial charge >= 0.3 is 8.25 Å². The molecule has 2 heterocycles. The summed E-state index contributed by atoms with van der Waals surface area (Å²) >= 11 is 0. The van der Waals surface area contributed by atoms with E-state index in [2.05, 4.69) is 0 Å². The maximum atomic E-state index is 12.0. The number of aliphatic hydroxyl groups is 6. The predicted octanol–water partition coefficient (Wildman–Crippen LogP) is 1.60. The topological polar surface area (TPSA) is 163 Å². The fourth-order valence-electron chi connectivity index (χ4n) is 4.70. The second kappa shape index (κ2) is 12.2. The Balaban J connectivity index is 1.12. The minimum Gasteiger partial charge on any atom is -0.374 e. The van der Waals surface area contributed by atoms with Crippen LogP contribution in [0.5, 0.6) is 0 Å². The molecule has 0 radical (unpaired) electrons. The van der Waals surface area contributed by atoms with Gasteiger partial charge < -0.3 is 30.6 Å². The summed E-state index contributed by atoms with van der Waals surface area (Å²) in [4.78, 5) is 2.96. The zero-order valence-corrected chi connectivity index (χ0v) is 20.6. The molecule has 0 amide bonds. The lowest BCUT2D eigenvalue weighted by Gasteiger charge is -2.25. The van der Waals surface area contributed by atoms with E-state index in [0.29, 0.717) is 35.1 Å². The van der Waals surface area contributed by atoms with Crippen LogP contribution in [0.25, 0.3) is 0 Å². The Hall–Kier alpha value is -1.73. The summed E-state index contributed by atoms with van der Waals surface area (Å²) in [5.74, 6) is 0. The van der Waals surface area contributed by atoms with Crippen molar-refractivity contribution in [3.8, 4) is 0 Å². The summed E-state index contributed by atoms with van der Waals surface area (Å²) in [5.41, 5.74) is 2.53. The minimum atomic E-state index is -3.19. The van der Waals surface area contributed by atoms with E-state index in [-0.39, 0.29) is 25.9 Å². The number of rotatable bonds is 12. The van der Waals surface area contributed by atoms with Crippen molar-refractivity contribution in [2.45, 2.75) is 63.2 Å². The molecular weight excluding hydrogens is 491 g/mol. The maximum absolute atomic E-state index is 12.0. The normalized spacial score (nSPS) is 26.5. The van der Waals surface area contributed by atoms with Crippen LogP contribution in [0, 0.1) is 0 Å². The zero-order valence-electron chi connectivity index (χ0n) is 19.6. The van der Waals surface area contributed by atoms with Gasteiger partial charge in [0.15, 0.2) is 12.6 Å². The van der Waals surface area contributed by atoms with Gasteiger partial charge in [-0.3, -0.25) is 13.6 Å². The second-order valence-corrected chi connectivity index (χ2v) is 9.88. The lowest BCUT2D eigenvalue weighted by Crippen LogP contribution is -2.28. The summed E-state index contributed by atoms with van der Waals surface area (Å²) in [6.45, 7) is 0.528. The monoisotopic (exact) mass is 524 g/mol. The molecule has 6 unspecified atom stereocenters. The quantitative estimate of drug-likeness (QED) is 0.177. The Morgan fingerprint density at radius 1 is 0.667 bits per heavy atom. The molecule has 12 heteroatoms. The molecule has 4 rings (SSSR count). The smallest absolute Gasteiger partial charge is 0.323 e. The highest BCUT2D eigenvalue weighted by Gasteiger charge is 2.36. The second-order valence-electron chi connectivity index (χ2n) is 8.91. The van der Waals surface area contributed by atoms with Crippen molar-refractivity contribution in [1.29, 1.82) is 0 Å². The lowest BCUT2D eigenvalue weighted by atomic mass is 10.1.